The first-order chi connectivity index (χ1) is 21.4. The lowest BCUT2D eigenvalue weighted by Gasteiger charge is -2.07. The first-order valence-electron chi connectivity index (χ1n) is 13.5. The lowest BCUT2D eigenvalue weighted by Crippen LogP contribution is -2.08. The molecule has 0 fully saturated rings. The Morgan fingerprint density at radius 2 is 1.16 bits per heavy atom. The molecule has 3 aromatic heterocycles. The molecular formula is C33H16F3N3O4S2. The van der Waals surface area contributed by atoms with Crippen molar-refractivity contribution in [3.63, 3.8) is 0 Å². The maximum Gasteiger partial charge on any atom is 0.416 e. The van der Waals surface area contributed by atoms with Crippen molar-refractivity contribution in [3.05, 3.63) is 91.7 Å². The monoisotopic (exact) mass is 639 g/mol. The van der Waals surface area contributed by atoms with E-state index < -0.39 is 34.9 Å². The number of aromatic nitrogens is 3. The molecule has 0 spiro atoms. The minimum Gasteiger partial charge on any atom is -0.285 e. The molecule has 2 aliphatic carbocycles. The van der Waals surface area contributed by atoms with Gasteiger partial charge in [-0.25, -0.2) is 0 Å². The molecule has 0 saturated heterocycles. The number of carbonyl (C=O) groups is 4. The topological polar surface area (TPSA) is 99.0 Å². The van der Waals surface area contributed by atoms with Crippen LogP contribution in [0.5, 0.6) is 0 Å². The van der Waals surface area contributed by atoms with E-state index in [2.05, 4.69) is 10.2 Å². The summed E-state index contributed by atoms with van der Waals surface area (Å²) in [7, 11) is 1.69. The van der Waals surface area contributed by atoms with Crippen LogP contribution in [0.2, 0.25) is 0 Å². The van der Waals surface area contributed by atoms with Crippen molar-refractivity contribution < 1.29 is 32.3 Å². The van der Waals surface area contributed by atoms with Crippen LogP contribution in [0.4, 0.5) is 13.2 Å². The fraction of sp³-hybridized carbons (Fsp3) is 0.0909. The Morgan fingerprint density at radius 1 is 0.667 bits per heavy atom. The molecule has 0 unspecified atom stereocenters. The zero-order chi connectivity index (χ0) is 31.5. The number of hydrogen-bond donors (Lipinski definition) is 0. The van der Waals surface area contributed by atoms with Crippen molar-refractivity contribution >= 4 is 100 Å². The van der Waals surface area contributed by atoms with Crippen LogP contribution in [-0.2, 0) is 22.8 Å². The van der Waals surface area contributed by atoms with Crippen molar-refractivity contribution in [2.75, 3.05) is 0 Å². The Hall–Kier alpha value is -5.07. The van der Waals surface area contributed by atoms with E-state index in [4.69, 9.17) is 0 Å². The Morgan fingerprint density at radius 3 is 1.67 bits per heavy atom. The van der Waals surface area contributed by atoms with Gasteiger partial charge < -0.3 is 0 Å². The van der Waals surface area contributed by atoms with Crippen molar-refractivity contribution in [3.8, 4) is 0 Å². The van der Waals surface area contributed by atoms with E-state index in [1.807, 2.05) is 25.1 Å². The summed E-state index contributed by atoms with van der Waals surface area (Å²) in [6, 6.07) is 11.8. The van der Waals surface area contributed by atoms with Crippen LogP contribution >= 0.6 is 22.7 Å². The predicted octanol–water partition coefficient (Wildman–Crippen LogP) is 7.34. The molecule has 12 heteroatoms. The lowest BCUT2D eigenvalue weighted by molar-refractivity contribution is -0.137. The first-order valence-corrected chi connectivity index (χ1v) is 15.2. The summed E-state index contributed by atoms with van der Waals surface area (Å²) in [5, 5.41) is 10.7. The molecule has 0 radical (unpaired) electrons. The fourth-order valence-corrected chi connectivity index (χ4v) is 8.31. The molecule has 0 atom stereocenters. The summed E-state index contributed by atoms with van der Waals surface area (Å²) in [6.45, 7) is 1.86. The Balaban J connectivity index is 1.30. The highest BCUT2D eigenvalue weighted by Crippen LogP contribution is 2.45. The van der Waals surface area contributed by atoms with Gasteiger partial charge in [0.25, 0.3) is 0 Å². The van der Waals surface area contributed by atoms with Gasteiger partial charge in [0.2, 0.25) is 23.1 Å². The lowest BCUT2D eigenvalue weighted by atomic mass is 10.0. The van der Waals surface area contributed by atoms with Crippen molar-refractivity contribution in [1.82, 2.24) is 15.0 Å². The standard InChI is InChI=1S/C33H16F3N3O4S2/c1-13-3-5-17-19(7-13)27(40)29(42)21(17)9-15-11-23-25-26(38-39(2)37-25)24-12-16(45-32(24)31(23)44-15)10-22-18-6-4-14(33(34,35)36)8-20(18)28(41)30(22)43/h3-12H,1-2H3/b21-9-,22-10-. The number of thiophene rings is 2. The number of ketones is 4. The van der Waals surface area contributed by atoms with Gasteiger partial charge in [-0.2, -0.15) is 28.2 Å². The van der Waals surface area contributed by atoms with Crippen LogP contribution in [0.25, 0.3) is 54.5 Å². The summed E-state index contributed by atoms with van der Waals surface area (Å²) in [6.07, 6.45) is -1.41. The molecule has 3 aromatic carbocycles. The number of rotatable bonds is 2. The Labute approximate surface area is 258 Å². The SMILES string of the molecule is Cc1ccc2c(c1)C(=O)C(=O)/C2=C\c1cc2c3nn(C)nc3c3cc(/C=C4\C(=O)C(=O)c5cc(C(F)(F)F)ccc54)sc3c2s1. The number of nitrogens with zero attached hydrogens (tertiary/aromatic N) is 3. The number of Topliss-reactive ketones (excluding diaryl/α,β-unsaturated/α-hetero) is 4. The number of allylic oxidation sites excluding steroid dienone is 2. The van der Waals surface area contributed by atoms with Gasteiger partial charge in [-0.1, -0.05) is 23.8 Å². The van der Waals surface area contributed by atoms with E-state index in [-0.39, 0.29) is 16.7 Å². The molecule has 0 amide bonds. The molecule has 220 valence electrons. The molecule has 0 N–H and O–H groups in total. The minimum atomic E-state index is -4.65. The van der Waals surface area contributed by atoms with E-state index in [9.17, 15) is 32.3 Å². The minimum absolute atomic E-state index is 0.0248. The number of fused-ring (bicyclic) bond motifs is 8. The van der Waals surface area contributed by atoms with E-state index in [0.717, 1.165) is 48.8 Å². The summed E-state index contributed by atoms with van der Waals surface area (Å²) >= 11 is 2.76. The normalized spacial score (nSPS) is 16.8. The Kier molecular flexibility index (Phi) is 5.63. The van der Waals surface area contributed by atoms with Gasteiger partial charge in [0.1, 0.15) is 11.0 Å². The second kappa shape index (κ2) is 9.22. The van der Waals surface area contributed by atoms with Gasteiger partial charge in [0.15, 0.2) is 0 Å². The number of alkyl halides is 3. The van der Waals surface area contributed by atoms with Gasteiger partial charge in [-0.15, -0.1) is 22.7 Å². The zero-order valence-electron chi connectivity index (χ0n) is 23.2. The number of aryl methyl sites for hydroxylation is 2. The smallest absolute Gasteiger partial charge is 0.285 e. The maximum atomic E-state index is 13.3. The molecule has 0 bridgehead atoms. The van der Waals surface area contributed by atoms with Crippen molar-refractivity contribution in [1.29, 1.82) is 0 Å². The molecule has 7 nitrogen and oxygen atoms in total. The third-order valence-corrected chi connectivity index (χ3v) is 10.3. The average molecular weight is 640 g/mol. The molecule has 2 aliphatic rings. The highest BCUT2D eigenvalue weighted by molar-refractivity contribution is 7.28. The number of benzene rings is 3. The van der Waals surface area contributed by atoms with Gasteiger partial charge in [0.05, 0.1) is 15.0 Å². The quantitative estimate of drug-likeness (QED) is 0.145. The third kappa shape index (κ3) is 4.02. The fourth-order valence-electron chi connectivity index (χ4n) is 5.95. The highest BCUT2D eigenvalue weighted by atomic mass is 32.1. The van der Waals surface area contributed by atoms with Crippen LogP contribution in [-0.4, -0.2) is 38.1 Å². The van der Waals surface area contributed by atoms with Gasteiger partial charge in [-0.3, -0.25) is 19.2 Å². The van der Waals surface area contributed by atoms with Gasteiger partial charge in [-0.05, 0) is 60.5 Å². The highest BCUT2D eigenvalue weighted by Gasteiger charge is 2.38. The second-order valence-electron chi connectivity index (χ2n) is 10.9. The molecule has 3 heterocycles. The molecular weight excluding hydrogens is 624 g/mol. The molecule has 45 heavy (non-hydrogen) atoms. The summed E-state index contributed by atoms with van der Waals surface area (Å²) < 4.78 is 41.5. The number of halogens is 3. The molecule has 0 aliphatic heterocycles. The Bertz CT molecular complexity index is 2480. The zero-order valence-corrected chi connectivity index (χ0v) is 24.8. The maximum absolute atomic E-state index is 13.3. The van der Waals surface area contributed by atoms with Crippen molar-refractivity contribution in [2.45, 2.75) is 13.1 Å². The van der Waals surface area contributed by atoms with E-state index in [1.165, 1.54) is 33.5 Å². The number of hydrogen-bond acceptors (Lipinski definition) is 8. The number of carbonyl (C=O) groups excluding carboxylic acids is 4. The molecule has 8 rings (SSSR count). The summed E-state index contributed by atoms with van der Waals surface area (Å²) in [5.41, 5.74) is 2.32. The summed E-state index contributed by atoms with van der Waals surface area (Å²) in [5.74, 6) is -2.94. The van der Waals surface area contributed by atoms with E-state index in [0.29, 0.717) is 32.6 Å². The van der Waals surface area contributed by atoms with E-state index in [1.54, 1.807) is 25.3 Å². The predicted molar refractivity (Wildman–Crippen MR) is 166 cm³/mol. The van der Waals surface area contributed by atoms with Gasteiger partial charge in [0, 0.05) is 49.8 Å². The van der Waals surface area contributed by atoms with Crippen LogP contribution in [0.3, 0.4) is 0 Å². The van der Waals surface area contributed by atoms with Gasteiger partial charge >= 0.3 is 6.18 Å². The van der Waals surface area contributed by atoms with E-state index >= 15 is 0 Å². The van der Waals surface area contributed by atoms with Crippen LogP contribution in [0, 0.1) is 6.92 Å². The molecule has 0 saturated carbocycles. The van der Waals surface area contributed by atoms with Crippen LogP contribution in [0.15, 0.2) is 48.5 Å². The largest absolute Gasteiger partial charge is 0.416 e. The summed E-state index contributed by atoms with van der Waals surface area (Å²) in [4.78, 5) is 54.0. The average Bonchev–Trinajstić information content (AvgIpc) is 3.79. The van der Waals surface area contributed by atoms with Crippen LogP contribution in [0.1, 0.15) is 52.7 Å². The third-order valence-electron chi connectivity index (χ3n) is 8.00. The second-order valence-corrected chi connectivity index (χ2v) is 13.1. The van der Waals surface area contributed by atoms with Crippen LogP contribution < -0.4 is 0 Å². The first kappa shape index (κ1) is 27.5. The molecule has 6 aromatic rings. The van der Waals surface area contributed by atoms with Crippen molar-refractivity contribution in [2.24, 2.45) is 7.05 Å².